The molecule has 2 nitrogen and oxygen atoms in total. The number of aryl methyl sites for hydroxylation is 1. The van der Waals surface area contributed by atoms with Crippen LogP contribution in [0.5, 0.6) is 0 Å². The largest absolute Gasteiger partial charge is 0.232 e. The molecule has 0 spiro atoms. The van der Waals surface area contributed by atoms with Crippen molar-refractivity contribution in [3.8, 4) is 0 Å². The molecule has 2 aromatic heterocycles. The zero-order valence-corrected chi connectivity index (χ0v) is 9.91. The SMILES string of the molecule is Cc1nc(Cl)c2scc(C(C)C)c2n1. The number of halogens is 1. The van der Waals surface area contributed by atoms with Gasteiger partial charge in [-0.2, -0.15) is 0 Å². The lowest BCUT2D eigenvalue weighted by Crippen LogP contribution is -1.91. The minimum atomic E-state index is 0.481. The number of rotatable bonds is 1. The van der Waals surface area contributed by atoms with E-state index in [1.54, 1.807) is 11.3 Å². The van der Waals surface area contributed by atoms with Gasteiger partial charge in [0.1, 0.15) is 5.82 Å². The summed E-state index contributed by atoms with van der Waals surface area (Å²) in [7, 11) is 0. The van der Waals surface area contributed by atoms with Crippen molar-refractivity contribution in [3.63, 3.8) is 0 Å². The Kier molecular flexibility index (Phi) is 2.45. The normalized spacial score (nSPS) is 11.5. The van der Waals surface area contributed by atoms with Gasteiger partial charge in [0.2, 0.25) is 0 Å². The second-order valence-electron chi connectivity index (χ2n) is 3.59. The first kappa shape index (κ1) is 9.87. The number of fused-ring (bicyclic) bond motifs is 1. The van der Waals surface area contributed by atoms with E-state index in [1.165, 1.54) is 5.56 Å². The van der Waals surface area contributed by atoms with E-state index in [0.29, 0.717) is 11.1 Å². The van der Waals surface area contributed by atoms with Crippen LogP contribution in [0, 0.1) is 6.92 Å². The van der Waals surface area contributed by atoms with Gasteiger partial charge in [0.25, 0.3) is 0 Å². The van der Waals surface area contributed by atoms with Gasteiger partial charge >= 0.3 is 0 Å². The number of aromatic nitrogens is 2. The molecule has 2 aromatic rings. The van der Waals surface area contributed by atoms with E-state index in [1.807, 2.05) is 6.92 Å². The van der Waals surface area contributed by atoms with E-state index < -0.39 is 0 Å². The molecule has 0 atom stereocenters. The maximum atomic E-state index is 6.04. The Morgan fingerprint density at radius 1 is 1.36 bits per heavy atom. The van der Waals surface area contributed by atoms with Crippen LogP contribution in [0.15, 0.2) is 5.38 Å². The first-order valence-electron chi connectivity index (χ1n) is 4.51. The van der Waals surface area contributed by atoms with Crippen LogP contribution in [0.1, 0.15) is 31.2 Å². The van der Waals surface area contributed by atoms with E-state index in [4.69, 9.17) is 11.6 Å². The number of nitrogens with zero attached hydrogens (tertiary/aromatic N) is 2. The Bertz CT molecular complexity index is 476. The van der Waals surface area contributed by atoms with Crippen molar-refractivity contribution in [1.82, 2.24) is 9.97 Å². The Labute approximate surface area is 92.0 Å². The third-order valence-corrected chi connectivity index (χ3v) is 3.51. The second-order valence-corrected chi connectivity index (χ2v) is 4.82. The molecule has 0 unspecified atom stereocenters. The second kappa shape index (κ2) is 3.48. The first-order valence-corrected chi connectivity index (χ1v) is 5.76. The summed E-state index contributed by atoms with van der Waals surface area (Å²) < 4.78 is 1.00. The summed E-state index contributed by atoms with van der Waals surface area (Å²) in [5.41, 5.74) is 2.28. The zero-order chi connectivity index (χ0) is 10.3. The molecular formula is C10H11ClN2S. The molecule has 74 valence electrons. The van der Waals surface area contributed by atoms with Crippen LogP contribution in [0.3, 0.4) is 0 Å². The molecule has 2 heterocycles. The molecule has 0 aromatic carbocycles. The number of hydrogen-bond acceptors (Lipinski definition) is 3. The van der Waals surface area contributed by atoms with Crippen LogP contribution in [0.25, 0.3) is 10.2 Å². The molecule has 0 saturated heterocycles. The average molecular weight is 227 g/mol. The van der Waals surface area contributed by atoms with E-state index in [-0.39, 0.29) is 0 Å². The molecule has 0 amide bonds. The van der Waals surface area contributed by atoms with Crippen molar-refractivity contribution in [2.75, 3.05) is 0 Å². The molecule has 14 heavy (non-hydrogen) atoms. The van der Waals surface area contributed by atoms with Crippen molar-refractivity contribution in [1.29, 1.82) is 0 Å². The van der Waals surface area contributed by atoms with Crippen LogP contribution >= 0.6 is 22.9 Å². The lowest BCUT2D eigenvalue weighted by atomic mass is 10.1. The molecule has 0 fully saturated rings. The van der Waals surface area contributed by atoms with Gasteiger partial charge in [0, 0.05) is 0 Å². The fourth-order valence-electron chi connectivity index (χ4n) is 1.42. The predicted octanol–water partition coefficient (Wildman–Crippen LogP) is 3.78. The molecule has 0 radical (unpaired) electrons. The third-order valence-electron chi connectivity index (χ3n) is 2.14. The van der Waals surface area contributed by atoms with Gasteiger partial charge in [0.05, 0.1) is 10.2 Å². The Morgan fingerprint density at radius 2 is 2.07 bits per heavy atom. The lowest BCUT2D eigenvalue weighted by Gasteiger charge is -2.02. The smallest absolute Gasteiger partial charge is 0.150 e. The van der Waals surface area contributed by atoms with Crippen LogP contribution in [-0.2, 0) is 0 Å². The number of hydrogen-bond donors (Lipinski definition) is 0. The standard InChI is InChI=1S/C10H11ClN2S/c1-5(2)7-4-14-9-8(7)12-6(3)13-10(9)11/h4-5H,1-3H3. The average Bonchev–Trinajstić information content (AvgIpc) is 2.47. The summed E-state index contributed by atoms with van der Waals surface area (Å²) in [5, 5.41) is 2.69. The highest BCUT2D eigenvalue weighted by Gasteiger charge is 2.12. The van der Waals surface area contributed by atoms with Crippen molar-refractivity contribution < 1.29 is 0 Å². The van der Waals surface area contributed by atoms with Crippen LogP contribution in [-0.4, -0.2) is 9.97 Å². The van der Waals surface area contributed by atoms with Crippen LogP contribution in [0.2, 0.25) is 5.15 Å². The molecule has 4 heteroatoms. The molecule has 0 aliphatic carbocycles. The van der Waals surface area contributed by atoms with Gasteiger partial charge in [0.15, 0.2) is 5.15 Å². The minimum Gasteiger partial charge on any atom is -0.232 e. The summed E-state index contributed by atoms with van der Waals surface area (Å²) in [6.45, 7) is 6.19. The van der Waals surface area contributed by atoms with Crippen molar-refractivity contribution >= 4 is 33.2 Å². The highest BCUT2D eigenvalue weighted by Crippen LogP contribution is 2.33. The summed E-state index contributed by atoms with van der Waals surface area (Å²) in [6, 6.07) is 0. The Hall–Kier alpha value is -0.670. The summed E-state index contributed by atoms with van der Waals surface area (Å²) in [5.74, 6) is 1.22. The van der Waals surface area contributed by atoms with Crippen molar-refractivity contribution in [3.05, 3.63) is 21.9 Å². The quantitative estimate of drug-likeness (QED) is 0.692. The van der Waals surface area contributed by atoms with Crippen molar-refractivity contribution in [2.45, 2.75) is 26.7 Å². The Morgan fingerprint density at radius 3 is 2.71 bits per heavy atom. The van der Waals surface area contributed by atoms with Gasteiger partial charge in [-0.25, -0.2) is 9.97 Å². The zero-order valence-electron chi connectivity index (χ0n) is 8.34. The summed E-state index contributed by atoms with van der Waals surface area (Å²) in [6.07, 6.45) is 0. The molecule has 0 saturated carbocycles. The van der Waals surface area contributed by atoms with Crippen molar-refractivity contribution in [2.24, 2.45) is 0 Å². The molecular weight excluding hydrogens is 216 g/mol. The van der Waals surface area contributed by atoms with Gasteiger partial charge < -0.3 is 0 Å². The minimum absolute atomic E-state index is 0.481. The van der Waals surface area contributed by atoms with E-state index in [9.17, 15) is 0 Å². The Balaban J connectivity index is 2.78. The van der Waals surface area contributed by atoms with Crippen LogP contribution in [0.4, 0.5) is 0 Å². The maximum Gasteiger partial charge on any atom is 0.150 e. The van der Waals surface area contributed by atoms with Gasteiger partial charge in [-0.1, -0.05) is 25.4 Å². The highest BCUT2D eigenvalue weighted by molar-refractivity contribution is 7.18. The number of thiophene rings is 1. The predicted molar refractivity (Wildman–Crippen MR) is 61.3 cm³/mol. The lowest BCUT2D eigenvalue weighted by molar-refractivity contribution is 0.875. The molecule has 0 aliphatic heterocycles. The van der Waals surface area contributed by atoms with E-state index in [2.05, 4.69) is 29.2 Å². The monoisotopic (exact) mass is 226 g/mol. The molecule has 2 rings (SSSR count). The summed E-state index contributed by atoms with van der Waals surface area (Å²) >= 11 is 7.66. The van der Waals surface area contributed by atoms with Gasteiger partial charge in [-0.3, -0.25) is 0 Å². The maximum absolute atomic E-state index is 6.04. The van der Waals surface area contributed by atoms with E-state index in [0.717, 1.165) is 16.0 Å². The summed E-state index contributed by atoms with van der Waals surface area (Å²) in [4.78, 5) is 8.57. The molecule has 0 aliphatic rings. The molecule has 0 N–H and O–H groups in total. The fourth-order valence-corrected chi connectivity index (χ4v) is 2.81. The van der Waals surface area contributed by atoms with Gasteiger partial charge in [-0.15, -0.1) is 11.3 Å². The van der Waals surface area contributed by atoms with Gasteiger partial charge in [-0.05, 0) is 23.8 Å². The topological polar surface area (TPSA) is 25.8 Å². The fraction of sp³-hybridized carbons (Fsp3) is 0.400. The third kappa shape index (κ3) is 1.51. The highest BCUT2D eigenvalue weighted by atomic mass is 35.5. The first-order chi connectivity index (χ1) is 6.59. The van der Waals surface area contributed by atoms with Crippen LogP contribution < -0.4 is 0 Å². The van der Waals surface area contributed by atoms with E-state index >= 15 is 0 Å². The molecule has 0 bridgehead atoms.